The van der Waals surface area contributed by atoms with Crippen molar-refractivity contribution in [1.29, 1.82) is 0 Å². The molecular weight excluding hydrogens is 318 g/mol. The molecule has 2 fully saturated rings. The highest BCUT2D eigenvalue weighted by Gasteiger charge is 2.57. The van der Waals surface area contributed by atoms with Crippen LogP contribution in [0.4, 0.5) is 0 Å². The highest BCUT2D eigenvalue weighted by molar-refractivity contribution is 7.07. The number of carbonyl (C=O) groups excluding carboxylic acids is 1. The van der Waals surface area contributed by atoms with Crippen LogP contribution in [0.5, 0.6) is 0 Å². The Hall–Kier alpha value is -1.65. The van der Waals surface area contributed by atoms with Crippen molar-refractivity contribution in [2.24, 2.45) is 5.92 Å². The minimum atomic E-state index is -0.469. The molecule has 3 nitrogen and oxygen atoms in total. The van der Waals surface area contributed by atoms with Gasteiger partial charge in [0.2, 0.25) is 0 Å². The summed E-state index contributed by atoms with van der Waals surface area (Å²) in [4.78, 5) is 15.1. The third-order valence-corrected chi connectivity index (χ3v) is 6.17. The lowest BCUT2D eigenvalue weighted by Crippen LogP contribution is -2.70. The van der Waals surface area contributed by atoms with Gasteiger partial charge in [0.1, 0.15) is 0 Å². The maximum Gasteiger partial charge on any atom is 0.311 e. The van der Waals surface area contributed by atoms with E-state index in [1.807, 2.05) is 35.0 Å². The predicted molar refractivity (Wildman–Crippen MR) is 96.0 cm³/mol. The topological polar surface area (TPSA) is 29.5 Å². The Balaban J connectivity index is 1.59. The van der Waals surface area contributed by atoms with Crippen molar-refractivity contribution in [3.05, 3.63) is 58.3 Å². The first-order valence-corrected chi connectivity index (χ1v) is 9.64. The van der Waals surface area contributed by atoms with Crippen molar-refractivity contribution < 1.29 is 9.53 Å². The molecule has 2 saturated heterocycles. The van der Waals surface area contributed by atoms with E-state index in [-0.39, 0.29) is 5.97 Å². The van der Waals surface area contributed by atoms with Gasteiger partial charge in [0.15, 0.2) is 5.60 Å². The zero-order chi connectivity index (χ0) is 16.6. The molecule has 3 atom stereocenters. The standard InChI is InChI=1S/C20H23NO2S/c1-15-7-9-21-14-20(18(21)11-15,17-5-3-2-4-6-17)23-19(22)12-16-8-10-24-13-16/h2-6,8,10,13,15,18H,7,9,11-12,14H2,1H3/t15-,18+,20-/m1/s1. The van der Waals surface area contributed by atoms with Gasteiger partial charge in [-0.15, -0.1) is 0 Å². The minimum absolute atomic E-state index is 0.116. The zero-order valence-corrected chi connectivity index (χ0v) is 14.8. The van der Waals surface area contributed by atoms with Crippen LogP contribution in [-0.4, -0.2) is 30.0 Å². The Morgan fingerprint density at radius 1 is 1.33 bits per heavy atom. The minimum Gasteiger partial charge on any atom is -0.451 e. The second-order valence-corrected chi connectivity index (χ2v) is 7.93. The number of hydrogen-bond acceptors (Lipinski definition) is 4. The van der Waals surface area contributed by atoms with E-state index in [0.29, 0.717) is 18.4 Å². The lowest BCUT2D eigenvalue weighted by molar-refractivity contribution is -0.214. The van der Waals surface area contributed by atoms with Gasteiger partial charge in [-0.05, 0) is 53.3 Å². The van der Waals surface area contributed by atoms with E-state index in [4.69, 9.17) is 4.74 Å². The fraction of sp³-hybridized carbons (Fsp3) is 0.450. The molecule has 0 aliphatic carbocycles. The van der Waals surface area contributed by atoms with Gasteiger partial charge in [-0.3, -0.25) is 9.69 Å². The Morgan fingerprint density at radius 2 is 2.17 bits per heavy atom. The third kappa shape index (κ3) is 2.78. The first-order chi connectivity index (χ1) is 11.7. The molecule has 4 rings (SSSR count). The van der Waals surface area contributed by atoms with Gasteiger partial charge in [-0.2, -0.15) is 11.3 Å². The van der Waals surface area contributed by atoms with Crippen molar-refractivity contribution in [2.75, 3.05) is 13.1 Å². The van der Waals surface area contributed by atoms with Gasteiger partial charge >= 0.3 is 5.97 Å². The maximum atomic E-state index is 12.6. The molecule has 0 saturated carbocycles. The molecule has 2 aliphatic rings. The molecule has 2 aliphatic heterocycles. The zero-order valence-electron chi connectivity index (χ0n) is 14.0. The number of fused-ring (bicyclic) bond motifs is 1. The van der Waals surface area contributed by atoms with Gasteiger partial charge in [0, 0.05) is 6.54 Å². The summed E-state index contributed by atoms with van der Waals surface area (Å²) in [6.45, 7) is 4.24. The molecule has 1 aromatic carbocycles. The molecule has 0 bridgehead atoms. The summed E-state index contributed by atoms with van der Waals surface area (Å²) in [5.41, 5.74) is 1.71. The summed E-state index contributed by atoms with van der Waals surface area (Å²) < 4.78 is 6.18. The highest BCUT2D eigenvalue weighted by Crippen LogP contribution is 2.47. The van der Waals surface area contributed by atoms with Crippen molar-refractivity contribution in [2.45, 2.75) is 37.8 Å². The van der Waals surface area contributed by atoms with Gasteiger partial charge in [-0.1, -0.05) is 37.3 Å². The second kappa shape index (κ2) is 6.34. The van der Waals surface area contributed by atoms with Crippen LogP contribution in [0, 0.1) is 5.92 Å². The molecule has 4 heteroatoms. The summed E-state index contributed by atoms with van der Waals surface area (Å²) >= 11 is 1.62. The van der Waals surface area contributed by atoms with Crippen LogP contribution in [0.1, 0.15) is 30.9 Å². The van der Waals surface area contributed by atoms with E-state index in [1.165, 1.54) is 6.42 Å². The van der Waals surface area contributed by atoms with Crippen LogP contribution in [0.15, 0.2) is 47.2 Å². The van der Waals surface area contributed by atoms with Crippen LogP contribution < -0.4 is 0 Å². The van der Waals surface area contributed by atoms with Crippen molar-refractivity contribution in [1.82, 2.24) is 4.90 Å². The Labute approximate surface area is 147 Å². The first kappa shape index (κ1) is 15.9. The van der Waals surface area contributed by atoms with E-state index >= 15 is 0 Å². The average molecular weight is 341 g/mol. The smallest absolute Gasteiger partial charge is 0.311 e. The third-order valence-electron chi connectivity index (χ3n) is 5.44. The second-order valence-electron chi connectivity index (χ2n) is 7.15. The summed E-state index contributed by atoms with van der Waals surface area (Å²) in [5, 5.41) is 4.02. The molecular formula is C20H23NO2S. The van der Waals surface area contributed by atoms with E-state index in [2.05, 4.69) is 24.0 Å². The molecule has 0 unspecified atom stereocenters. The summed E-state index contributed by atoms with van der Waals surface area (Å²) in [6, 6.07) is 12.6. The maximum absolute atomic E-state index is 12.6. The largest absolute Gasteiger partial charge is 0.451 e. The van der Waals surface area contributed by atoms with E-state index in [1.54, 1.807) is 11.3 Å². The number of piperidine rings is 1. The molecule has 2 aromatic rings. The molecule has 0 spiro atoms. The highest BCUT2D eigenvalue weighted by atomic mass is 32.1. The number of rotatable bonds is 4. The number of thiophene rings is 1. The Morgan fingerprint density at radius 3 is 2.92 bits per heavy atom. The van der Waals surface area contributed by atoms with E-state index in [0.717, 1.165) is 30.6 Å². The Kier molecular flexibility index (Phi) is 4.19. The van der Waals surface area contributed by atoms with Gasteiger partial charge in [0.05, 0.1) is 12.5 Å². The fourth-order valence-electron chi connectivity index (χ4n) is 4.12. The van der Waals surface area contributed by atoms with Crippen LogP contribution in [0.2, 0.25) is 0 Å². The van der Waals surface area contributed by atoms with Crippen molar-refractivity contribution >= 4 is 17.3 Å². The number of ether oxygens (including phenoxy) is 1. The number of hydrogen-bond donors (Lipinski definition) is 0. The summed E-state index contributed by atoms with van der Waals surface area (Å²) in [6.07, 6.45) is 2.70. The molecule has 0 N–H and O–H groups in total. The average Bonchev–Trinajstić information content (AvgIpc) is 3.08. The SMILES string of the molecule is C[C@@H]1CCN2C[C@@](OC(=O)Cc3ccsc3)(c3ccccc3)[C@@H]2C1. The van der Waals surface area contributed by atoms with Crippen molar-refractivity contribution in [3.8, 4) is 0 Å². The molecule has 126 valence electrons. The van der Waals surface area contributed by atoms with Gasteiger partial charge < -0.3 is 4.74 Å². The molecule has 3 heterocycles. The number of carbonyl (C=O) groups is 1. The van der Waals surface area contributed by atoms with Gasteiger partial charge in [-0.25, -0.2) is 0 Å². The molecule has 24 heavy (non-hydrogen) atoms. The lowest BCUT2D eigenvalue weighted by atomic mass is 9.71. The van der Waals surface area contributed by atoms with Crippen LogP contribution >= 0.6 is 11.3 Å². The normalized spacial score (nSPS) is 29.5. The van der Waals surface area contributed by atoms with E-state index < -0.39 is 5.60 Å². The first-order valence-electron chi connectivity index (χ1n) is 8.70. The Bertz CT molecular complexity index is 700. The van der Waals surface area contributed by atoms with E-state index in [9.17, 15) is 4.79 Å². The fourth-order valence-corrected chi connectivity index (χ4v) is 4.79. The number of nitrogens with zero attached hydrogens (tertiary/aromatic N) is 1. The molecule has 1 aromatic heterocycles. The molecule has 0 amide bonds. The lowest BCUT2D eigenvalue weighted by Gasteiger charge is -2.59. The predicted octanol–water partition coefficient (Wildman–Crippen LogP) is 3.84. The van der Waals surface area contributed by atoms with Crippen LogP contribution in [-0.2, 0) is 21.6 Å². The van der Waals surface area contributed by atoms with Crippen LogP contribution in [0.3, 0.4) is 0 Å². The number of esters is 1. The summed E-state index contributed by atoms with van der Waals surface area (Å²) in [5.74, 6) is 0.570. The monoisotopic (exact) mass is 341 g/mol. The quantitative estimate of drug-likeness (QED) is 0.791. The van der Waals surface area contributed by atoms with Crippen LogP contribution in [0.25, 0.3) is 0 Å². The summed E-state index contributed by atoms with van der Waals surface area (Å²) in [7, 11) is 0. The number of benzene rings is 1. The molecule has 0 radical (unpaired) electrons. The van der Waals surface area contributed by atoms with Gasteiger partial charge in [0.25, 0.3) is 0 Å². The van der Waals surface area contributed by atoms with Crippen molar-refractivity contribution in [3.63, 3.8) is 0 Å².